The van der Waals surface area contributed by atoms with Gasteiger partial charge >= 0.3 is 0 Å². The van der Waals surface area contributed by atoms with Crippen LogP contribution in [-0.2, 0) is 19.4 Å². The van der Waals surface area contributed by atoms with Gasteiger partial charge in [-0.3, -0.25) is 0 Å². The number of hydrogen-bond acceptors (Lipinski definition) is 3. The van der Waals surface area contributed by atoms with E-state index in [9.17, 15) is 0 Å². The van der Waals surface area contributed by atoms with Crippen LogP contribution in [0.25, 0.3) is 5.69 Å². The summed E-state index contributed by atoms with van der Waals surface area (Å²) in [5, 5.41) is 8.29. The van der Waals surface area contributed by atoms with Gasteiger partial charge in [0.15, 0.2) is 5.82 Å². The van der Waals surface area contributed by atoms with Gasteiger partial charge < -0.3 is 5.32 Å². The Kier molecular flexibility index (Phi) is 4.06. The Morgan fingerprint density at radius 3 is 2.71 bits per heavy atom. The fraction of sp³-hybridized carbons (Fsp3) is 0.529. The summed E-state index contributed by atoms with van der Waals surface area (Å²) in [4.78, 5) is 4.63. The molecule has 0 bridgehead atoms. The van der Waals surface area contributed by atoms with Crippen LogP contribution in [0.4, 0.5) is 0 Å². The van der Waals surface area contributed by atoms with E-state index in [1.165, 1.54) is 24.0 Å². The lowest BCUT2D eigenvalue weighted by Gasteiger charge is -2.13. The summed E-state index contributed by atoms with van der Waals surface area (Å²) >= 11 is 0. The highest BCUT2D eigenvalue weighted by atomic mass is 15.4. The first-order chi connectivity index (χ1) is 10.2. The Balaban J connectivity index is 1.97. The van der Waals surface area contributed by atoms with Crippen LogP contribution in [0.1, 0.15) is 49.5 Å². The average Bonchev–Trinajstić information content (AvgIpc) is 3.23. The van der Waals surface area contributed by atoms with Gasteiger partial charge in [0, 0.05) is 25.4 Å². The second-order valence-electron chi connectivity index (χ2n) is 5.85. The third kappa shape index (κ3) is 3.16. The van der Waals surface area contributed by atoms with E-state index in [0.29, 0.717) is 6.04 Å². The van der Waals surface area contributed by atoms with Crippen LogP contribution in [0.15, 0.2) is 18.2 Å². The van der Waals surface area contributed by atoms with Gasteiger partial charge in [-0.15, -0.1) is 0 Å². The maximum absolute atomic E-state index is 4.68. The lowest BCUT2D eigenvalue weighted by atomic mass is 10.1. The molecular weight excluding hydrogens is 260 g/mol. The summed E-state index contributed by atoms with van der Waals surface area (Å²) in [6, 6.07) is 7.30. The van der Waals surface area contributed by atoms with E-state index >= 15 is 0 Å². The molecule has 2 aromatic rings. The van der Waals surface area contributed by atoms with E-state index in [1.807, 2.05) is 4.68 Å². The first kappa shape index (κ1) is 14.3. The summed E-state index contributed by atoms with van der Waals surface area (Å²) < 4.78 is 2.03. The zero-order chi connectivity index (χ0) is 14.8. The zero-order valence-electron chi connectivity index (χ0n) is 13.2. The summed E-state index contributed by atoms with van der Waals surface area (Å²) in [5.41, 5.74) is 3.77. The first-order valence-corrected chi connectivity index (χ1v) is 7.99. The summed E-state index contributed by atoms with van der Waals surface area (Å²) in [7, 11) is 0. The fourth-order valence-electron chi connectivity index (χ4n) is 2.57. The Labute approximate surface area is 126 Å². The molecule has 1 aliphatic carbocycles. The standard InChI is InChI=1S/C17H24N4/c1-4-16-19-17(5-2)21(20-16)15-9-6-12(3)10-13(15)11-18-14-7-8-14/h6,9-10,14,18H,4-5,7-8,11H2,1-3H3. The lowest BCUT2D eigenvalue weighted by Crippen LogP contribution is -2.17. The van der Waals surface area contributed by atoms with E-state index in [2.05, 4.69) is 54.4 Å². The zero-order valence-corrected chi connectivity index (χ0v) is 13.2. The molecule has 1 aliphatic rings. The largest absolute Gasteiger partial charge is 0.310 e. The molecule has 1 saturated carbocycles. The molecule has 0 aliphatic heterocycles. The first-order valence-electron chi connectivity index (χ1n) is 7.99. The highest BCUT2D eigenvalue weighted by Gasteiger charge is 2.21. The van der Waals surface area contributed by atoms with Crippen molar-refractivity contribution in [2.24, 2.45) is 0 Å². The van der Waals surface area contributed by atoms with Crippen molar-refractivity contribution in [3.8, 4) is 5.69 Å². The third-order valence-corrected chi connectivity index (χ3v) is 3.97. The molecule has 1 N–H and O–H groups in total. The fourth-order valence-corrected chi connectivity index (χ4v) is 2.57. The van der Waals surface area contributed by atoms with Crippen LogP contribution < -0.4 is 5.32 Å². The Bertz CT molecular complexity index is 626. The topological polar surface area (TPSA) is 42.7 Å². The molecule has 112 valence electrons. The van der Waals surface area contributed by atoms with Gasteiger partial charge in [0.25, 0.3) is 0 Å². The number of hydrogen-bond donors (Lipinski definition) is 1. The molecule has 1 fully saturated rings. The normalized spacial score (nSPS) is 14.6. The lowest BCUT2D eigenvalue weighted by molar-refractivity contribution is 0.676. The van der Waals surface area contributed by atoms with Crippen LogP contribution in [0, 0.1) is 6.92 Å². The van der Waals surface area contributed by atoms with Crippen molar-refractivity contribution in [3.63, 3.8) is 0 Å². The second kappa shape index (κ2) is 5.98. The molecule has 0 saturated heterocycles. The van der Waals surface area contributed by atoms with Crippen LogP contribution in [0.3, 0.4) is 0 Å². The molecule has 1 aromatic carbocycles. The summed E-state index contributed by atoms with van der Waals surface area (Å²) in [6.45, 7) is 7.29. The van der Waals surface area contributed by atoms with Gasteiger partial charge in [-0.05, 0) is 31.4 Å². The Morgan fingerprint density at radius 1 is 1.24 bits per heavy atom. The molecule has 1 aromatic heterocycles. The average molecular weight is 284 g/mol. The molecule has 0 spiro atoms. The monoisotopic (exact) mass is 284 g/mol. The quantitative estimate of drug-likeness (QED) is 0.887. The SMILES string of the molecule is CCc1nc(CC)n(-c2ccc(C)cc2CNC2CC2)n1. The summed E-state index contributed by atoms with van der Waals surface area (Å²) in [5.74, 6) is 1.97. The molecule has 4 heteroatoms. The molecule has 21 heavy (non-hydrogen) atoms. The number of aromatic nitrogens is 3. The number of aryl methyl sites for hydroxylation is 3. The third-order valence-electron chi connectivity index (χ3n) is 3.97. The number of nitrogens with zero attached hydrogens (tertiary/aromatic N) is 3. The van der Waals surface area contributed by atoms with E-state index in [4.69, 9.17) is 0 Å². The molecule has 0 unspecified atom stereocenters. The molecule has 4 nitrogen and oxygen atoms in total. The highest BCUT2D eigenvalue weighted by Crippen LogP contribution is 2.22. The smallest absolute Gasteiger partial charge is 0.151 e. The number of benzene rings is 1. The summed E-state index contributed by atoms with van der Waals surface area (Å²) in [6.07, 6.45) is 4.40. The van der Waals surface area contributed by atoms with E-state index in [-0.39, 0.29) is 0 Å². The van der Waals surface area contributed by atoms with Crippen molar-refractivity contribution >= 4 is 0 Å². The minimum atomic E-state index is 0.714. The van der Waals surface area contributed by atoms with Crippen molar-refractivity contribution < 1.29 is 0 Å². The van der Waals surface area contributed by atoms with Crippen molar-refractivity contribution in [2.45, 2.75) is 59.0 Å². The van der Waals surface area contributed by atoms with E-state index in [0.717, 1.165) is 36.7 Å². The molecular formula is C17H24N4. The molecule has 3 rings (SSSR count). The maximum atomic E-state index is 4.68. The van der Waals surface area contributed by atoms with Gasteiger partial charge in [-0.25, -0.2) is 9.67 Å². The van der Waals surface area contributed by atoms with Crippen LogP contribution in [0.2, 0.25) is 0 Å². The van der Waals surface area contributed by atoms with Crippen molar-refractivity contribution in [1.29, 1.82) is 0 Å². The van der Waals surface area contributed by atoms with Crippen LogP contribution in [0.5, 0.6) is 0 Å². The van der Waals surface area contributed by atoms with Crippen LogP contribution >= 0.6 is 0 Å². The molecule has 0 amide bonds. The molecule has 1 heterocycles. The molecule has 0 radical (unpaired) electrons. The second-order valence-corrected chi connectivity index (χ2v) is 5.85. The number of rotatable bonds is 6. The van der Waals surface area contributed by atoms with Gasteiger partial charge in [0.05, 0.1) is 5.69 Å². The van der Waals surface area contributed by atoms with Crippen molar-refractivity contribution in [3.05, 3.63) is 41.0 Å². The minimum Gasteiger partial charge on any atom is -0.310 e. The Morgan fingerprint density at radius 2 is 2.05 bits per heavy atom. The van der Waals surface area contributed by atoms with Crippen molar-refractivity contribution in [2.75, 3.05) is 0 Å². The maximum Gasteiger partial charge on any atom is 0.151 e. The van der Waals surface area contributed by atoms with Crippen molar-refractivity contribution in [1.82, 2.24) is 20.1 Å². The van der Waals surface area contributed by atoms with Crippen LogP contribution in [-0.4, -0.2) is 20.8 Å². The molecule has 0 atom stereocenters. The van der Waals surface area contributed by atoms with Gasteiger partial charge in [0.1, 0.15) is 5.82 Å². The van der Waals surface area contributed by atoms with Gasteiger partial charge in [0.2, 0.25) is 0 Å². The number of nitrogens with one attached hydrogen (secondary N) is 1. The van der Waals surface area contributed by atoms with Gasteiger partial charge in [-0.2, -0.15) is 5.10 Å². The van der Waals surface area contributed by atoms with Gasteiger partial charge in [-0.1, -0.05) is 31.5 Å². The Hall–Kier alpha value is -1.68. The highest BCUT2D eigenvalue weighted by molar-refractivity contribution is 5.43. The predicted octanol–water partition coefficient (Wildman–Crippen LogP) is 2.95. The predicted molar refractivity (Wildman–Crippen MR) is 84.7 cm³/mol. The van der Waals surface area contributed by atoms with E-state index < -0.39 is 0 Å². The van der Waals surface area contributed by atoms with E-state index in [1.54, 1.807) is 0 Å². The minimum absolute atomic E-state index is 0.714.